The highest BCUT2D eigenvalue weighted by molar-refractivity contribution is 7.71. The smallest absolute Gasteiger partial charge is 0.253 e. The molecule has 2 saturated heterocycles. The first kappa shape index (κ1) is 22.2. The summed E-state index contributed by atoms with van der Waals surface area (Å²) in [5.41, 5.74) is 9.62. The first-order valence-electron chi connectivity index (χ1n) is 12.4. The second kappa shape index (κ2) is 8.73. The molecule has 180 valence electrons. The maximum atomic E-state index is 13.3. The molecular weight excluding hydrogens is 460 g/mol. The van der Waals surface area contributed by atoms with Crippen LogP contribution in [-0.2, 0) is 4.79 Å². The normalized spacial score (nSPS) is 21.7. The topological polar surface area (TPSA) is 101 Å². The molecule has 6 rings (SSSR count). The number of aromatic nitrogens is 3. The molecule has 9 heteroatoms. The van der Waals surface area contributed by atoms with E-state index < -0.39 is 0 Å². The standard InChI is InChI=1S/C26H28N6O2S/c27-23(33)16-7-11-30(12-8-16)18-9-13-31(14-10-18)25(34)17-5-6-19-21(15-17)29-26(35)32-22-4-2-1-3-20(22)28-24(19)32/h1-6,15-16,18H,7-14H2,(H2,27,33)(H,29,35)/p+1. The van der Waals surface area contributed by atoms with Gasteiger partial charge in [-0.05, 0) is 42.5 Å². The number of piperidine rings is 2. The van der Waals surface area contributed by atoms with Gasteiger partial charge in [0.2, 0.25) is 5.91 Å². The number of benzene rings is 2. The van der Waals surface area contributed by atoms with Crippen LogP contribution in [0.5, 0.6) is 0 Å². The largest absolute Gasteiger partial charge is 0.369 e. The minimum atomic E-state index is -0.165. The molecule has 0 saturated carbocycles. The van der Waals surface area contributed by atoms with Gasteiger partial charge in [0.15, 0.2) is 4.77 Å². The number of fused-ring (bicyclic) bond motifs is 5. The van der Waals surface area contributed by atoms with Gasteiger partial charge in [-0.2, -0.15) is 0 Å². The number of amides is 2. The SMILES string of the molecule is NC(=O)C1CC[NH+](C2CCN(C(=O)c3ccc4c(c3)[nH]c(=S)n3c5ccccc5nc43)CC2)CC1. The van der Waals surface area contributed by atoms with E-state index in [0.717, 1.165) is 79.4 Å². The van der Waals surface area contributed by atoms with Crippen molar-refractivity contribution in [1.29, 1.82) is 0 Å². The molecule has 2 fully saturated rings. The van der Waals surface area contributed by atoms with Gasteiger partial charge in [0.1, 0.15) is 5.65 Å². The van der Waals surface area contributed by atoms with E-state index in [4.69, 9.17) is 22.9 Å². The van der Waals surface area contributed by atoms with Gasteiger partial charge in [-0.1, -0.05) is 12.1 Å². The lowest BCUT2D eigenvalue weighted by Crippen LogP contribution is -3.17. The number of carbonyl (C=O) groups excluding carboxylic acids is 2. The predicted octanol–water partition coefficient (Wildman–Crippen LogP) is 2.08. The zero-order chi connectivity index (χ0) is 24.1. The Hall–Kier alpha value is -3.30. The summed E-state index contributed by atoms with van der Waals surface area (Å²) in [5.74, 6) is -0.0788. The van der Waals surface area contributed by atoms with Crippen molar-refractivity contribution in [1.82, 2.24) is 19.3 Å². The number of rotatable bonds is 3. The van der Waals surface area contributed by atoms with Crippen LogP contribution < -0.4 is 10.6 Å². The lowest BCUT2D eigenvalue weighted by molar-refractivity contribution is -0.932. The molecule has 2 aliphatic heterocycles. The molecule has 0 radical (unpaired) electrons. The number of aromatic amines is 1. The van der Waals surface area contributed by atoms with Gasteiger partial charge in [0.05, 0.1) is 35.7 Å². The Labute approximate surface area is 207 Å². The molecule has 2 aromatic carbocycles. The molecule has 0 atom stereocenters. The highest BCUT2D eigenvalue weighted by Crippen LogP contribution is 2.25. The molecule has 4 aromatic rings. The van der Waals surface area contributed by atoms with E-state index in [9.17, 15) is 9.59 Å². The number of quaternary nitrogens is 1. The number of imidazole rings is 1. The molecule has 35 heavy (non-hydrogen) atoms. The van der Waals surface area contributed by atoms with Crippen molar-refractivity contribution in [2.75, 3.05) is 26.2 Å². The summed E-state index contributed by atoms with van der Waals surface area (Å²) in [6.45, 7) is 3.50. The number of H-pyrrole nitrogens is 1. The van der Waals surface area contributed by atoms with Gasteiger partial charge in [0, 0.05) is 55.6 Å². The third-order valence-corrected chi connectivity index (χ3v) is 8.19. The minimum Gasteiger partial charge on any atom is -0.369 e. The average Bonchev–Trinajstić information content (AvgIpc) is 3.29. The minimum absolute atomic E-state index is 0.0300. The predicted molar refractivity (Wildman–Crippen MR) is 137 cm³/mol. The number of nitrogens with one attached hydrogen (secondary N) is 2. The van der Waals surface area contributed by atoms with Crippen LogP contribution in [0.1, 0.15) is 36.0 Å². The van der Waals surface area contributed by atoms with Crippen molar-refractivity contribution in [2.24, 2.45) is 11.7 Å². The summed E-state index contributed by atoms with van der Waals surface area (Å²) in [6.07, 6.45) is 3.72. The fraction of sp³-hybridized carbons (Fsp3) is 0.385. The fourth-order valence-corrected chi connectivity index (χ4v) is 6.21. The number of para-hydroxylation sites is 2. The Morgan fingerprint density at radius 3 is 2.54 bits per heavy atom. The second-order valence-corrected chi connectivity index (χ2v) is 10.2. The molecule has 2 aliphatic rings. The van der Waals surface area contributed by atoms with Crippen LogP contribution in [0.3, 0.4) is 0 Å². The van der Waals surface area contributed by atoms with Crippen molar-refractivity contribution in [3.63, 3.8) is 0 Å². The molecule has 0 unspecified atom stereocenters. The summed E-state index contributed by atoms with van der Waals surface area (Å²) in [7, 11) is 0. The lowest BCUT2D eigenvalue weighted by Gasteiger charge is -2.38. The van der Waals surface area contributed by atoms with E-state index in [2.05, 4.69) is 4.98 Å². The molecule has 0 aliphatic carbocycles. The highest BCUT2D eigenvalue weighted by atomic mass is 32.1. The molecule has 0 spiro atoms. The fourth-order valence-electron chi connectivity index (χ4n) is 5.91. The third-order valence-electron chi connectivity index (χ3n) is 7.90. The van der Waals surface area contributed by atoms with Gasteiger partial charge < -0.3 is 20.5 Å². The molecule has 2 aromatic heterocycles. The summed E-state index contributed by atoms with van der Waals surface area (Å²) in [4.78, 5) is 36.4. The van der Waals surface area contributed by atoms with Crippen LogP contribution in [0.4, 0.5) is 0 Å². The first-order valence-corrected chi connectivity index (χ1v) is 12.8. The van der Waals surface area contributed by atoms with E-state index in [-0.39, 0.29) is 17.7 Å². The van der Waals surface area contributed by atoms with Crippen LogP contribution in [-0.4, -0.2) is 63.3 Å². The van der Waals surface area contributed by atoms with Crippen LogP contribution in [0.2, 0.25) is 0 Å². The Morgan fingerprint density at radius 1 is 1.06 bits per heavy atom. The number of likely N-dealkylation sites (tertiary alicyclic amines) is 2. The zero-order valence-corrected chi connectivity index (χ0v) is 20.3. The second-order valence-electron chi connectivity index (χ2n) is 9.85. The van der Waals surface area contributed by atoms with E-state index in [0.29, 0.717) is 16.4 Å². The number of carbonyl (C=O) groups is 2. The highest BCUT2D eigenvalue weighted by Gasteiger charge is 2.34. The molecule has 4 N–H and O–H groups in total. The third kappa shape index (κ3) is 3.88. The molecule has 2 amide bonds. The van der Waals surface area contributed by atoms with Crippen LogP contribution >= 0.6 is 12.2 Å². The van der Waals surface area contributed by atoms with Gasteiger partial charge in [-0.15, -0.1) is 0 Å². The lowest BCUT2D eigenvalue weighted by atomic mass is 9.93. The summed E-state index contributed by atoms with van der Waals surface area (Å²) < 4.78 is 2.52. The van der Waals surface area contributed by atoms with Gasteiger partial charge in [0.25, 0.3) is 5.91 Å². The molecule has 4 heterocycles. The van der Waals surface area contributed by atoms with E-state index in [1.807, 2.05) is 51.8 Å². The van der Waals surface area contributed by atoms with Gasteiger partial charge in [-0.3, -0.25) is 14.0 Å². The van der Waals surface area contributed by atoms with Crippen LogP contribution in [0.15, 0.2) is 42.5 Å². The van der Waals surface area contributed by atoms with E-state index in [1.54, 1.807) is 4.90 Å². The van der Waals surface area contributed by atoms with E-state index >= 15 is 0 Å². The van der Waals surface area contributed by atoms with E-state index in [1.165, 1.54) is 0 Å². The van der Waals surface area contributed by atoms with Gasteiger partial charge >= 0.3 is 0 Å². The average molecular weight is 490 g/mol. The summed E-state index contributed by atoms with van der Waals surface area (Å²) in [6, 6.07) is 14.2. The number of primary amides is 1. The first-order chi connectivity index (χ1) is 17.0. The quantitative estimate of drug-likeness (QED) is 0.384. The maximum absolute atomic E-state index is 13.3. The Morgan fingerprint density at radius 2 is 1.80 bits per heavy atom. The Kier molecular flexibility index (Phi) is 5.53. The van der Waals surface area contributed by atoms with Crippen molar-refractivity contribution < 1.29 is 14.5 Å². The number of hydrogen-bond acceptors (Lipinski definition) is 4. The Bertz CT molecular complexity index is 1510. The van der Waals surface area contributed by atoms with Crippen molar-refractivity contribution in [3.05, 3.63) is 52.8 Å². The maximum Gasteiger partial charge on any atom is 0.253 e. The summed E-state index contributed by atoms with van der Waals surface area (Å²) in [5, 5.41) is 0.938. The van der Waals surface area contributed by atoms with Gasteiger partial charge in [-0.25, -0.2) is 4.98 Å². The van der Waals surface area contributed by atoms with Crippen molar-refractivity contribution in [2.45, 2.75) is 31.7 Å². The number of nitrogens with zero attached hydrogens (tertiary/aromatic N) is 3. The Balaban J connectivity index is 1.19. The number of nitrogens with two attached hydrogens (primary N) is 1. The van der Waals surface area contributed by atoms with Crippen molar-refractivity contribution >= 4 is 51.6 Å². The molecule has 8 nitrogen and oxygen atoms in total. The monoisotopic (exact) mass is 489 g/mol. The van der Waals surface area contributed by atoms with Crippen LogP contribution in [0.25, 0.3) is 27.6 Å². The van der Waals surface area contributed by atoms with Crippen LogP contribution in [0, 0.1) is 10.7 Å². The van der Waals surface area contributed by atoms with Crippen molar-refractivity contribution in [3.8, 4) is 0 Å². The summed E-state index contributed by atoms with van der Waals surface area (Å²) >= 11 is 5.64. The molecular formula is C26H29N6O2S+. The number of hydrogen-bond donors (Lipinski definition) is 3. The zero-order valence-electron chi connectivity index (χ0n) is 19.5. The molecule has 0 bridgehead atoms.